The van der Waals surface area contributed by atoms with Gasteiger partial charge in [-0.15, -0.1) is 11.3 Å². The molecule has 3 aromatic carbocycles. The topological polar surface area (TPSA) is 161 Å². The number of halogens is 1. The summed E-state index contributed by atoms with van der Waals surface area (Å²) in [5.41, 5.74) is 1.44. The Bertz CT molecular complexity index is 2250. The van der Waals surface area contributed by atoms with Crippen LogP contribution in [0.5, 0.6) is 23.0 Å². The van der Waals surface area contributed by atoms with E-state index in [1.807, 2.05) is 0 Å². The Labute approximate surface area is 368 Å². The zero-order valence-corrected chi connectivity index (χ0v) is 36.2. The average Bonchev–Trinajstić information content (AvgIpc) is 3.74. The molecule has 4 aromatic rings. The molecular weight excluding hydrogens is 838 g/mol. The standard InChI is InChI=1S/C47H48ClNO12S/c1-49(35-15-19-37(20-16-35)60-46(54)31-6-4-30(5-7-31)44(52)58-27-26-56-2)43(51)29-12-17-36(18-13-29)59-45(53)32-8-10-33(11-9-32)47(55)61-40-23-21-38(57-3)28-34(40)14-22-39(50)41-24-25-42(48)62-41/h12-25,28,30-33H,4-11,26-27H2,1-3H3/b22-14+. The largest absolute Gasteiger partial charge is 0.497 e. The molecular formula is C47H48ClNO12S. The predicted molar refractivity (Wildman–Crippen MR) is 232 cm³/mol. The number of nitrogens with zero attached hydrogens (tertiary/aromatic N) is 1. The molecule has 0 unspecified atom stereocenters. The Morgan fingerprint density at radius 3 is 1.68 bits per heavy atom. The highest BCUT2D eigenvalue weighted by Gasteiger charge is 2.34. The van der Waals surface area contributed by atoms with Crippen molar-refractivity contribution in [1.29, 1.82) is 0 Å². The van der Waals surface area contributed by atoms with Crippen LogP contribution in [0.25, 0.3) is 6.08 Å². The van der Waals surface area contributed by atoms with Crippen LogP contribution in [0.4, 0.5) is 5.69 Å². The summed E-state index contributed by atoms with van der Waals surface area (Å²) in [6.07, 6.45) is 6.84. The lowest BCUT2D eigenvalue weighted by Gasteiger charge is -2.26. The van der Waals surface area contributed by atoms with Crippen molar-refractivity contribution in [2.45, 2.75) is 51.4 Å². The highest BCUT2D eigenvalue weighted by molar-refractivity contribution is 7.18. The van der Waals surface area contributed by atoms with Crippen molar-refractivity contribution in [3.63, 3.8) is 0 Å². The summed E-state index contributed by atoms with van der Waals surface area (Å²) in [7, 11) is 4.68. The van der Waals surface area contributed by atoms with Crippen molar-refractivity contribution in [2.75, 3.05) is 39.4 Å². The Morgan fingerprint density at radius 1 is 0.645 bits per heavy atom. The van der Waals surface area contributed by atoms with Gasteiger partial charge in [-0.3, -0.25) is 28.8 Å². The lowest BCUT2D eigenvalue weighted by molar-refractivity contribution is -0.153. The maximum Gasteiger partial charge on any atom is 0.314 e. The number of anilines is 1. The van der Waals surface area contributed by atoms with Crippen LogP contribution < -0.4 is 23.8 Å². The SMILES string of the molecule is COCCOC(=O)C1CCC(C(=O)Oc2ccc(N(C)C(=O)c3ccc(OC(=O)C4CCC(C(=O)Oc5ccc(OC)cc5/C=C/C(=O)c5ccc(Cl)s5)CC4)cc3)cc2)CC1. The number of methoxy groups -OCH3 is 2. The minimum atomic E-state index is -0.428. The summed E-state index contributed by atoms with van der Waals surface area (Å²) in [5, 5.41) is 0. The molecule has 0 spiro atoms. The number of carbonyl (C=O) groups excluding carboxylic acids is 6. The highest BCUT2D eigenvalue weighted by Crippen LogP contribution is 2.34. The Balaban J connectivity index is 0.940. The molecule has 2 saturated carbocycles. The van der Waals surface area contributed by atoms with Crippen molar-refractivity contribution in [3.8, 4) is 23.0 Å². The molecule has 62 heavy (non-hydrogen) atoms. The molecule has 2 fully saturated rings. The summed E-state index contributed by atoms with van der Waals surface area (Å²) < 4.78 is 33.0. The maximum atomic E-state index is 13.3. The second-order valence-corrected chi connectivity index (χ2v) is 16.8. The number of allylic oxidation sites excluding steroid dienone is 1. The first-order valence-corrected chi connectivity index (χ1v) is 21.6. The molecule has 1 heterocycles. The summed E-state index contributed by atoms with van der Waals surface area (Å²) in [5.74, 6) is -1.95. The van der Waals surface area contributed by atoms with Crippen LogP contribution in [0.2, 0.25) is 4.34 Å². The maximum absolute atomic E-state index is 13.3. The van der Waals surface area contributed by atoms with E-state index in [2.05, 4.69) is 0 Å². The predicted octanol–water partition coefficient (Wildman–Crippen LogP) is 8.80. The van der Waals surface area contributed by atoms with Gasteiger partial charge in [-0.2, -0.15) is 0 Å². The van der Waals surface area contributed by atoms with Gasteiger partial charge in [-0.1, -0.05) is 11.6 Å². The molecule has 15 heteroatoms. The molecule has 13 nitrogen and oxygen atoms in total. The van der Waals surface area contributed by atoms with Crippen LogP contribution in [0.1, 0.15) is 77.0 Å². The highest BCUT2D eigenvalue weighted by atomic mass is 35.5. The number of thiophene rings is 1. The van der Waals surface area contributed by atoms with Crippen LogP contribution in [-0.2, 0) is 28.7 Å². The zero-order valence-electron chi connectivity index (χ0n) is 34.7. The van der Waals surface area contributed by atoms with Gasteiger partial charge in [0.1, 0.15) is 29.6 Å². The van der Waals surface area contributed by atoms with Crippen LogP contribution >= 0.6 is 22.9 Å². The molecule has 2 aliphatic rings. The fourth-order valence-electron chi connectivity index (χ4n) is 7.35. The number of ether oxygens (including phenoxy) is 6. The van der Waals surface area contributed by atoms with Crippen molar-refractivity contribution in [3.05, 3.63) is 105 Å². The molecule has 326 valence electrons. The van der Waals surface area contributed by atoms with Crippen LogP contribution in [-0.4, -0.2) is 70.0 Å². The minimum absolute atomic E-state index is 0.209. The number of amides is 1. The fourth-order valence-corrected chi connectivity index (χ4v) is 8.31. The third-order valence-electron chi connectivity index (χ3n) is 11.0. The summed E-state index contributed by atoms with van der Waals surface area (Å²) >= 11 is 7.15. The number of rotatable bonds is 16. The van der Waals surface area contributed by atoms with E-state index in [1.54, 1.807) is 99.1 Å². The normalized spacial score (nSPS) is 18.6. The first-order valence-electron chi connectivity index (χ1n) is 20.4. The van der Waals surface area contributed by atoms with Gasteiger partial charge >= 0.3 is 23.9 Å². The molecule has 0 aliphatic heterocycles. The van der Waals surface area contributed by atoms with Crippen LogP contribution in [0.15, 0.2) is 84.9 Å². The smallest absolute Gasteiger partial charge is 0.314 e. The van der Waals surface area contributed by atoms with E-state index in [1.165, 1.54) is 29.4 Å². The van der Waals surface area contributed by atoms with Crippen molar-refractivity contribution in [1.82, 2.24) is 0 Å². The van der Waals surface area contributed by atoms with Crippen molar-refractivity contribution in [2.24, 2.45) is 23.7 Å². The number of hydrogen-bond acceptors (Lipinski definition) is 13. The number of hydrogen-bond donors (Lipinski definition) is 0. The number of esters is 4. The summed E-state index contributed by atoms with van der Waals surface area (Å²) in [6, 6.07) is 21.1. The Hall–Kier alpha value is -5.83. The number of carbonyl (C=O) groups is 6. The van der Waals surface area contributed by atoms with Gasteiger partial charge in [0, 0.05) is 31.0 Å². The molecule has 1 amide bonds. The second kappa shape index (κ2) is 21.8. The van der Waals surface area contributed by atoms with E-state index in [4.69, 9.17) is 40.0 Å². The molecule has 0 N–H and O–H groups in total. The average molecular weight is 886 g/mol. The lowest BCUT2D eigenvalue weighted by atomic mass is 9.82. The molecule has 6 rings (SSSR count). The third-order valence-corrected chi connectivity index (χ3v) is 12.3. The quantitative estimate of drug-likeness (QED) is 0.0346. The monoisotopic (exact) mass is 885 g/mol. The molecule has 0 bridgehead atoms. The van der Waals surface area contributed by atoms with Gasteiger partial charge in [0.2, 0.25) is 0 Å². The molecule has 2 aliphatic carbocycles. The van der Waals surface area contributed by atoms with E-state index in [9.17, 15) is 28.8 Å². The van der Waals surface area contributed by atoms with Crippen molar-refractivity contribution >= 4 is 70.3 Å². The molecule has 1 aromatic heterocycles. The van der Waals surface area contributed by atoms with Gasteiger partial charge in [0.15, 0.2) is 5.78 Å². The van der Waals surface area contributed by atoms with E-state index >= 15 is 0 Å². The van der Waals surface area contributed by atoms with Crippen LogP contribution in [0, 0.1) is 23.7 Å². The van der Waals surface area contributed by atoms with Gasteiger partial charge < -0.3 is 33.3 Å². The van der Waals surface area contributed by atoms with E-state index in [0.29, 0.717) is 95.5 Å². The molecule has 0 atom stereocenters. The summed E-state index contributed by atoms with van der Waals surface area (Å²) in [6.45, 7) is 0.549. The fraction of sp³-hybridized carbons (Fsp3) is 0.362. The first-order chi connectivity index (χ1) is 29.9. The van der Waals surface area contributed by atoms with E-state index in [-0.39, 0.29) is 53.6 Å². The van der Waals surface area contributed by atoms with Gasteiger partial charge in [0.25, 0.3) is 5.91 Å². The molecule has 0 radical (unpaired) electrons. The van der Waals surface area contributed by atoms with Gasteiger partial charge in [0.05, 0.1) is 46.6 Å². The van der Waals surface area contributed by atoms with E-state index in [0.717, 1.165) is 0 Å². The van der Waals surface area contributed by atoms with Crippen molar-refractivity contribution < 1.29 is 57.2 Å². The third kappa shape index (κ3) is 12.2. The first kappa shape index (κ1) is 45.7. The van der Waals surface area contributed by atoms with E-state index < -0.39 is 23.8 Å². The van der Waals surface area contributed by atoms with Gasteiger partial charge in [-0.05, 0) is 142 Å². The lowest BCUT2D eigenvalue weighted by Crippen LogP contribution is -2.30. The molecule has 0 saturated heterocycles. The van der Waals surface area contributed by atoms with Gasteiger partial charge in [-0.25, -0.2) is 0 Å². The minimum Gasteiger partial charge on any atom is -0.497 e. The van der Waals surface area contributed by atoms with Crippen LogP contribution in [0.3, 0.4) is 0 Å². The number of benzene rings is 3. The summed E-state index contributed by atoms with van der Waals surface area (Å²) in [4.78, 5) is 79.4. The second-order valence-electron chi connectivity index (χ2n) is 15.1. The number of ketones is 1. The zero-order chi connectivity index (χ0) is 44.2. The Morgan fingerprint density at radius 2 is 1.16 bits per heavy atom. The Kier molecular flexibility index (Phi) is 16.1.